The number of rotatable bonds is 2. The average Bonchev–Trinajstić information content (AvgIpc) is 2.61. The molecule has 0 aromatic carbocycles. The minimum Gasteiger partial charge on any atom is -0.340 e. The molecule has 4 nitrogen and oxygen atoms in total. The highest BCUT2D eigenvalue weighted by atomic mass is 16.2. The van der Waals surface area contributed by atoms with Gasteiger partial charge in [0.05, 0.1) is 0 Å². The number of piperidine rings is 1. The average molecular weight is 252 g/mol. The first-order chi connectivity index (χ1) is 8.40. The lowest BCUT2D eigenvalue weighted by Crippen LogP contribution is -2.48. The van der Waals surface area contributed by atoms with Crippen molar-refractivity contribution in [1.29, 1.82) is 0 Å². The number of amides is 2. The zero-order valence-corrected chi connectivity index (χ0v) is 11.8. The summed E-state index contributed by atoms with van der Waals surface area (Å²) in [6, 6.07) is 0.251. The molecule has 0 aromatic heterocycles. The third-order valence-corrected chi connectivity index (χ3v) is 3.99. The van der Waals surface area contributed by atoms with Crippen LogP contribution in [0.1, 0.15) is 34.1 Å². The first-order valence-electron chi connectivity index (χ1n) is 6.99. The number of nitrogens with zero attached hydrogens (tertiary/aromatic N) is 2. The van der Waals surface area contributed by atoms with Crippen LogP contribution < -0.4 is 0 Å². The molecule has 2 bridgehead atoms. The zero-order chi connectivity index (χ0) is 13.4. The SMILES string of the molecule is CC(C)C(=O)N1CC2CC(C1)N(C(=O)C(C)C)C2. The van der Waals surface area contributed by atoms with Crippen LogP contribution in [-0.2, 0) is 9.59 Å². The quantitative estimate of drug-likeness (QED) is 0.744. The lowest BCUT2D eigenvalue weighted by Gasteiger charge is -2.34. The molecule has 0 radical (unpaired) electrons. The maximum Gasteiger partial charge on any atom is 0.225 e. The van der Waals surface area contributed by atoms with Gasteiger partial charge in [-0.05, 0) is 12.3 Å². The second kappa shape index (κ2) is 4.90. The molecule has 2 fully saturated rings. The molecule has 0 saturated carbocycles. The Bertz CT molecular complexity index is 350. The van der Waals surface area contributed by atoms with Crippen molar-refractivity contribution in [1.82, 2.24) is 9.80 Å². The van der Waals surface area contributed by atoms with Crippen LogP contribution in [0.2, 0.25) is 0 Å². The standard InChI is InChI=1S/C14H24N2O2/c1-9(2)13(17)15-6-11-5-12(8-15)16(7-11)14(18)10(3)4/h9-12H,5-8H2,1-4H3. The van der Waals surface area contributed by atoms with Gasteiger partial charge in [-0.2, -0.15) is 0 Å². The van der Waals surface area contributed by atoms with Gasteiger partial charge in [0.1, 0.15) is 0 Å². The Balaban J connectivity index is 2.05. The molecule has 4 heteroatoms. The normalized spacial score (nSPS) is 27.2. The highest BCUT2D eigenvalue weighted by molar-refractivity contribution is 5.80. The molecule has 2 atom stereocenters. The smallest absolute Gasteiger partial charge is 0.225 e. The van der Waals surface area contributed by atoms with Crippen LogP contribution >= 0.6 is 0 Å². The molecule has 2 amide bonds. The van der Waals surface area contributed by atoms with Gasteiger partial charge in [0.15, 0.2) is 0 Å². The second-order valence-electron chi connectivity index (χ2n) is 6.30. The lowest BCUT2D eigenvalue weighted by atomic mass is 9.98. The van der Waals surface area contributed by atoms with E-state index >= 15 is 0 Å². The molecule has 2 unspecified atom stereocenters. The molecular weight excluding hydrogens is 228 g/mol. The Kier molecular flexibility index (Phi) is 3.64. The van der Waals surface area contributed by atoms with E-state index in [1.165, 1.54) is 0 Å². The molecule has 0 N–H and O–H groups in total. The lowest BCUT2D eigenvalue weighted by molar-refractivity contribution is -0.139. The Morgan fingerprint density at radius 2 is 1.56 bits per heavy atom. The van der Waals surface area contributed by atoms with Gasteiger partial charge < -0.3 is 9.80 Å². The van der Waals surface area contributed by atoms with Crippen LogP contribution in [0.4, 0.5) is 0 Å². The van der Waals surface area contributed by atoms with Gasteiger partial charge in [0.25, 0.3) is 0 Å². The highest BCUT2D eigenvalue weighted by Crippen LogP contribution is 2.31. The minimum absolute atomic E-state index is 0.0525. The predicted molar refractivity (Wildman–Crippen MR) is 69.9 cm³/mol. The Morgan fingerprint density at radius 1 is 0.944 bits per heavy atom. The van der Waals surface area contributed by atoms with Crippen LogP contribution in [0, 0.1) is 17.8 Å². The van der Waals surface area contributed by atoms with Crippen molar-refractivity contribution in [3.63, 3.8) is 0 Å². The monoisotopic (exact) mass is 252 g/mol. The fraction of sp³-hybridized carbons (Fsp3) is 0.857. The van der Waals surface area contributed by atoms with Gasteiger partial charge >= 0.3 is 0 Å². The third kappa shape index (κ3) is 2.38. The zero-order valence-electron chi connectivity index (χ0n) is 11.8. The van der Waals surface area contributed by atoms with Crippen molar-refractivity contribution in [2.24, 2.45) is 17.8 Å². The van der Waals surface area contributed by atoms with Crippen LogP contribution in [-0.4, -0.2) is 47.3 Å². The maximum absolute atomic E-state index is 12.1. The molecule has 0 spiro atoms. The molecule has 0 aromatic rings. The third-order valence-electron chi connectivity index (χ3n) is 3.99. The molecular formula is C14H24N2O2. The fourth-order valence-corrected chi connectivity index (χ4v) is 3.11. The van der Waals surface area contributed by atoms with E-state index in [2.05, 4.69) is 0 Å². The van der Waals surface area contributed by atoms with E-state index in [4.69, 9.17) is 0 Å². The van der Waals surface area contributed by atoms with Crippen LogP contribution in [0.15, 0.2) is 0 Å². The largest absolute Gasteiger partial charge is 0.340 e. The van der Waals surface area contributed by atoms with Gasteiger partial charge in [0, 0.05) is 37.5 Å². The summed E-state index contributed by atoms with van der Waals surface area (Å²) in [5.41, 5.74) is 0. The Morgan fingerprint density at radius 3 is 2.11 bits per heavy atom. The summed E-state index contributed by atoms with van der Waals surface area (Å²) >= 11 is 0. The molecule has 0 aliphatic carbocycles. The molecule has 2 heterocycles. The number of carbonyl (C=O) groups excluding carboxylic acids is 2. The summed E-state index contributed by atoms with van der Waals surface area (Å²) in [4.78, 5) is 28.1. The van der Waals surface area contributed by atoms with Crippen molar-refractivity contribution in [3.05, 3.63) is 0 Å². The number of likely N-dealkylation sites (tertiary alicyclic amines) is 2. The topological polar surface area (TPSA) is 40.6 Å². The van der Waals surface area contributed by atoms with Gasteiger partial charge in [-0.25, -0.2) is 0 Å². The van der Waals surface area contributed by atoms with E-state index in [1.807, 2.05) is 37.5 Å². The van der Waals surface area contributed by atoms with E-state index in [1.54, 1.807) is 0 Å². The van der Waals surface area contributed by atoms with Gasteiger partial charge in [-0.3, -0.25) is 9.59 Å². The van der Waals surface area contributed by atoms with E-state index in [0.29, 0.717) is 5.92 Å². The van der Waals surface area contributed by atoms with Gasteiger partial charge in [0.2, 0.25) is 11.8 Å². The summed E-state index contributed by atoms with van der Waals surface area (Å²) in [7, 11) is 0. The maximum atomic E-state index is 12.1. The summed E-state index contributed by atoms with van der Waals surface area (Å²) in [5, 5.41) is 0. The molecule has 2 rings (SSSR count). The van der Waals surface area contributed by atoms with Crippen LogP contribution in [0.25, 0.3) is 0 Å². The molecule has 18 heavy (non-hydrogen) atoms. The summed E-state index contributed by atoms with van der Waals surface area (Å²) < 4.78 is 0. The van der Waals surface area contributed by atoms with Crippen LogP contribution in [0.5, 0.6) is 0 Å². The minimum atomic E-state index is 0.0525. The Labute approximate surface area is 109 Å². The van der Waals surface area contributed by atoms with Crippen molar-refractivity contribution in [2.75, 3.05) is 19.6 Å². The summed E-state index contributed by atoms with van der Waals surface area (Å²) in [5.74, 6) is 1.05. The second-order valence-corrected chi connectivity index (χ2v) is 6.30. The van der Waals surface area contributed by atoms with Gasteiger partial charge in [-0.15, -0.1) is 0 Å². The summed E-state index contributed by atoms with van der Waals surface area (Å²) in [6.07, 6.45) is 1.07. The van der Waals surface area contributed by atoms with Crippen LogP contribution in [0.3, 0.4) is 0 Å². The van der Waals surface area contributed by atoms with Gasteiger partial charge in [-0.1, -0.05) is 27.7 Å². The van der Waals surface area contributed by atoms with E-state index < -0.39 is 0 Å². The molecule has 2 aliphatic rings. The van der Waals surface area contributed by atoms with E-state index in [9.17, 15) is 9.59 Å². The number of hydrogen-bond donors (Lipinski definition) is 0. The van der Waals surface area contributed by atoms with Crippen molar-refractivity contribution in [2.45, 2.75) is 40.2 Å². The van der Waals surface area contributed by atoms with Crippen molar-refractivity contribution < 1.29 is 9.59 Å². The first kappa shape index (κ1) is 13.4. The number of fused-ring (bicyclic) bond motifs is 2. The van der Waals surface area contributed by atoms with E-state index in [-0.39, 0.29) is 29.7 Å². The van der Waals surface area contributed by atoms with E-state index in [0.717, 1.165) is 26.1 Å². The highest BCUT2D eigenvalue weighted by Gasteiger charge is 2.42. The van der Waals surface area contributed by atoms with Crippen molar-refractivity contribution in [3.8, 4) is 0 Å². The Hall–Kier alpha value is -1.06. The fourth-order valence-electron chi connectivity index (χ4n) is 3.11. The number of carbonyl (C=O) groups is 2. The molecule has 102 valence electrons. The van der Waals surface area contributed by atoms with Crippen molar-refractivity contribution >= 4 is 11.8 Å². The predicted octanol–water partition coefficient (Wildman–Crippen LogP) is 1.36. The summed E-state index contributed by atoms with van der Waals surface area (Å²) in [6.45, 7) is 10.2. The molecule has 2 saturated heterocycles. The first-order valence-corrected chi connectivity index (χ1v) is 6.99. The number of hydrogen-bond acceptors (Lipinski definition) is 2. The molecule has 2 aliphatic heterocycles.